The average Bonchev–Trinajstić information content (AvgIpc) is 2.95. The van der Waals surface area contributed by atoms with Crippen molar-refractivity contribution in [2.45, 2.75) is 32.2 Å². The van der Waals surface area contributed by atoms with Crippen molar-refractivity contribution >= 4 is 41.5 Å². The number of benzene rings is 1. The molecule has 0 radical (unpaired) electrons. The molecule has 10 heteroatoms. The molecule has 1 atom stereocenters. The molecule has 27 heavy (non-hydrogen) atoms. The summed E-state index contributed by atoms with van der Waals surface area (Å²) in [7, 11) is 0. The van der Waals surface area contributed by atoms with Crippen LogP contribution < -0.4 is 15.4 Å². The number of carbonyl (C=O) groups is 2. The Hall–Kier alpha value is -1.64. The van der Waals surface area contributed by atoms with E-state index in [0.717, 1.165) is 0 Å². The maximum absolute atomic E-state index is 13.2. The lowest BCUT2D eigenvalue weighted by atomic mass is 10.2. The summed E-state index contributed by atoms with van der Waals surface area (Å²) in [6.45, 7) is 4.27. The largest absolute Gasteiger partial charge is 0.482 e. The van der Waals surface area contributed by atoms with Crippen LogP contribution in [0.3, 0.4) is 0 Å². The van der Waals surface area contributed by atoms with Crippen LogP contribution >= 0.6 is 24.0 Å². The number of nitrogens with one attached hydrogen (secondary N) is 2. The van der Waals surface area contributed by atoms with Crippen LogP contribution in [0.2, 0.25) is 5.02 Å². The lowest BCUT2D eigenvalue weighted by Gasteiger charge is -2.19. The average molecular weight is 426 g/mol. The second kappa shape index (κ2) is 10.1. The first-order chi connectivity index (χ1) is 12.3. The Labute approximate surface area is 168 Å². The van der Waals surface area contributed by atoms with Crippen molar-refractivity contribution in [1.82, 2.24) is 10.2 Å². The number of likely N-dealkylation sites (N-methyl/N-ethyl adjacent to an activating group) is 1. The molecule has 0 aliphatic carbocycles. The Morgan fingerprint density at radius 1 is 1.37 bits per heavy atom. The molecule has 1 fully saturated rings. The van der Waals surface area contributed by atoms with Crippen molar-refractivity contribution in [2.24, 2.45) is 0 Å². The van der Waals surface area contributed by atoms with E-state index in [1.54, 1.807) is 4.90 Å². The van der Waals surface area contributed by atoms with Crippen molar-refractivity contribution in [2.75, 3.05) is 31.6 Å². The number of anilines is 1. The molecule has 2 amide bonds. The quantitative estimate of drug-likeness (QED) is 0.704. The highest BCUT2D eigenvalue weighted by atomic mass is 35.5. The van der Waals surface area contributed by atoms with Gasteiger partial charge in [0.05, 0.1) is 17.6 Å². The molecular formula is C17H23Cl2F2N3O3. The van der Waals surface area contributed by atoms with Gasteiger partial charge >= 0.3 is 0 Å². The van der Waals surface area contributed by atoms with E-state index in [1.165, 1.54) is 18.2 Å². The van der Waals surface area contributed by atoms with Crippen LogP contribution in [0.4, 0.5) is 14.5 Å². The van der Waals surface area contributed by atoms with Gasteiger partial charge in [-0.2, -0.15) is 0 Å². The van der Waals surface area contributed by atoms with Crippen molar-refractivity contribution in [3.63, 3.8) is 0 Å². The highest BCUT2D eigenvalue weighted by Crippen LogP contribution is 2.29. The SMILES string of the molecule is CCN(CC)C(=O)COc1ccc(NC(=O)C2CC(F)(F)CN2)cc1Cl.Cl. The monoisotopic (exact) mass is 425 g/mol. The number of amides is 2. The number of ether oxygens (including phenoxy) is 1. The van der Waals surface area contributed by atoms with Gasteiger partial charge in [-0.05, 0) is 32.0 Å². The van der Waals surface area contributed by atoms with Crippen LogP contribution in [-0.4, -0.2) is 54.9 Å². The third-order valence-corrected chi connectivity index (χ3v) is 4.39. The van der Waals surface area contributed by atoms with Gasteiger partial charge in [0, 0.05) is 25.2 Å². The summed E-state index contributed by atoms with van der Waals surface area (Å²) in [5.41, 5.74) is 0.361. The van der Waals surface area contributed by atoms with Crippen molar-refractivity contribution in [3.05, 3.63) is 23.2 Å². The zero-order valence-corrected chi connectivity index (χ0v) is 16.6. The fourth-order valence-electron chi connectivity index (χ4n) is 2.63. The molecule has 1 saturated heterocycles. The highest BCUT2D eigenvalue weighted by molar-refractivity contribution is 6.32. The van der Waals surface area contributed by atoms with Gasteiger partial charge in [0.1, 0.15) is 5.75 Å². The Bertz CT molecular complexity index is 673. The van der Waals surface area contributed by atoms with Crippen LogP contribution in [0.25, 0.3) is 0 Å². The summed E-state index contributed by atoms with van der Waals surface area (Å²) in [6, 6.07) is 3.55. The summed E-state index contributed by atoms with van der Waals surface area (Å²) in [4.78, 5) is 25.6. The normalized spacial score (nSPS) is 17.7. The minimum atomic E-state index is -2.88. The van der Waals surface area contributed by atoms with Crippen LogP contribution in [0.5, 0.6) is 5.75 Å². The lowest BCUT2D eigenvalue weighted by molar-refractivity contribution is -0.133. The number of rotatable bonds is 7. The molecular weight excluding hydrogens is 403 g/mol. The Morgan fingerprint density at radius 2 is 2.04 bits per heavy atom. The van der Waals surface area contributed by atoms with Crippen molar-refractivity contribution in [1.29, 1.82) is 0 Å². The molecule has 2 rings (SSSR count). The van der Waals surface area contributed by atoms with Gasteiger partial charge in [-0.1, -0.05) is 11.6 Å². The summed E-state index contributed by atoms with van der Waals surface area (Å²) < 4.78 is 31.7. The third kappa shape index (κ3) is 6.48. The van der Waals surface area contributed by atoms with Crippen molar-refractivity contribution < 1.29 is 23.1 Å². The van der Waals surface area contributed by atoms with Crippen LogP contribution in [-0.2, 0) is 9.59 Å². The van der Waals surface area contributed by atoms with E-state index >= 15 is 0 Å². The minimum absolute atomic E-state index is 0. The van der Waals surface area contributed by atoms with E-state index in [4.69, 9.17) is 16.3 Å². The van der Waals surface area contributed by atoms with E-state index in [0.29, 0.717) is 24.5 Å². The van der Waals surface area contributed by atoms with E-state index in [1.807, 2.05) is 13.8 Å². The van der Waals surface area contributed by atoms with E-state index in [-0.39, 0.29) is 29.9 Å². The smallest absolute Gasteiger partial charge is 0.262 e. The van der Waals surface area contributed by atoms with Crippen LogP contribution in [0, 0.1) is 0 Å². The van der Waals surface area contributed by atoms with E-state index in [9.17, 15) is 18.4 Å². The molecule has 6 nitrogen and oxygen atoms in total. The summed E-state index contributed by atoms with van der Waals surface area (Å²) >= 11 is 6.11. The van der Waals surface area contributed by atoms with Gasteiger partial charge in [0.15, 0.2) is 6.61 Å². The highest BCUT2D eigenvalue weighted by Gasteiger charge is 2.42. The summed E-state index contributed by atoms with van der Waals surface area (Å²) in [6.07, 6.45) is -0.540. The Balaban J connectivity index is 0.00000364. The molecule has 0 aromatic heterocycles. The number of nitrogens with zero attached hydrogens (tertiary/aromatic N) is 1. The van der Waals surface area contributed by atoms with Crippen molar-refractivity contribution in [3.8, 4) is 5.75 Å². The molecule has 1 aromatic rings. The zero-order chi connectivity index (χ0) is 19.3. The fraction of sp³-hybridized carbons (Fsp3) is 0.529. The maximum Gasteiger partial charge on any atom is 0.262 e. The molecule has 0 bridgehead atoms. The number of alkyl halides is 2. The van der Waals surface area contributed by atoms with Crippen LogP contribution in [0.15, 0.2) is 18.2 Å². The minimum Gasteiger partial charge on any atom is -0.482 e. The number of halogens is 4. The Morgan fingerprint density at radius 3 is 2.56 bits per heavy atom. The molecule has 152 valence electrons. The molecule has 0 spiro atoms. The molecule has 0 saturated carbocycles. The lowest BCUT2D eigenvalue weighted by Crippen LogP contribution is -2.35. The molecule has 1 unspecified atom stereocenters. The molecule has 1 aliphatic heterocycles. The van der Waals surface area contributed by atoms with E-state index < -0.39 is 30.8 Å². The first-order valence-corrected chi connectivity index (χ1v) is 8.75. The molecule has 1 heterocycles. The van der Waals surface area contributed by atoms with Crippen LogP contribution in [0.1, 0.15) is 20.3 Å². The molecule has 1 aliphatic rings. The van der Waals surface area contributed by atoms with Gasteiger partial charge in [-0.3, -0.25) is 14.9 Å². The fourth-order valence-corrected chi connectivity index (χ4v) is 2.87. The Kier molecular flexibility index (Phi) is 8.71. The standard InChI is InChI=1S/C17H22ClF2N3O3.ClH/c1-3-23(4-2)15(24)9-26-14-6-5-11(7-12(14)18)22-16(25)13-8-17(19,20)10-21-13;/h5-7,13,21H,3-4,8-10H2,1-2H3,(H,22,25);1H. The predicted octanol–water partition coefficient (Wildman–Crippen LogP) is 2.94. The number of hydrogen-bond donors (Lipinski definition) is 2. The van der Waals surface area contributed by atoms with Gasteiger partial charge in [-0.15, -0.1) is 12.4 Å². The predicted molar refractivity (Wildman–Crippen MR) is 102 cm³/mol. The van der Waals surface area contributed by atoms with Gasteiger partial charge < -0.3 is 15.0 Å². The second-order valence-corrected chi connectivity index (χ2v) is 6.39. The molecule has 1 aromatic carbocycles. The summed E-state index contributed by atoms with van der Waals surface area (Å²) in [5.74, 6) is -3.29. The first kappa shape index (κ1) is 23.4. The maximum atomic E-state index is 13.2. The number of carbonyl (C=O) groups excluding carboxylic acids is 2. The first-order valence-electron chi connectivity index (χ1n) is 8.38. The van der Waals surface area contributed by atoms with Gasteiger partial charge in [0.2, 0.25) is 5.91 Å². The zero-order valence-electron chi connectivity index (χ0n) is 15.1. The van der Waals surface area contributed by atoms with Gasteiger partial charge in [0.25, 0.3) is 11.8 Å². The van der Waals surface area contributed by atoms with E-state index in [2.05, 4.69) is 10.6 Å². The molecule has 2 N–H and O–H groups in total. The topological polar surface area (TPSA) is 70.7 Å². The second-order valence-electron chi connectivity index (χ2n) is 5.98. The number of hydrogen-bond acceptors (Lipinski definition) is 4. The van der Waals surface area contributed by atoms with Gasteiger partial charge in [-0.25, -0.2) is 8.78 Å². The third-order valence-electron chi connectivity index (χ3n) is 4.09. The summed E-state index contributed by atoms with van der Waals surface area (Å²) in [5, 5.41) is 5.23.